The summed E-state index contributed by atoms with van der Waals surface area (Å²) in [6.45, 7) is 3.37. The first-order chi connectivity index (χ1) is 16.7. The molecule has 1 atom stereocenters. The highest BCUT2D eigenvalue weighted by Gasteiger charge is 2.39. The lowest BCUT2D eigenvalue weighted by molar-refractivity contribution is -0.128. The van der Waals surface area contributed by atoms with Crippen molar-refractivity contribution in [2.24, 2.45) is 4.99 Å². The number of sulfonamides is 1. The van der Waals surface area contributed by atoms with Crippen LogP contribution in [0.4, 0.5) is 11.4 Å². The molecular formula is C24H30N4O5S2. The van der Waals surface area contributed by atoms with Crippen LogP contribution in [0.25, 0.3) is 0 Å². The van der Waals surface area contributed by atoms with Crippen molar-refractivity contribution in [1.29, 1.82) is 0 Å². The molecule has 1 unspecified atom stereocenters. The molecule has 0 aliphatic carbocycles. The number of ether oxygens (including phenoxy) is 1. The summed E-state index contributed by atoms with van der Waals surface area (Å²) in [5, 5.41) is 2.62. The SMILES string of the molecule is CCOCCCN1C(=O)C(CC(=O)Nc2ccccc2)SC1=Nc1cccc(S(=O)(=O)N(C)C)c1. The van der Waals surface area contributed by atoms with Gasteiger partial charge in [-0.15, -0.1) is 0 Å². The van der Waals surface area contributed by atoms with E-state index in [0.29, 0.717) is 42.7 Å². The Morgan fingerprint density at radius 2 is 1.91 bits per heavy atom. The molecule has 1 saturated heterocycles. The molecular weight excluding hydrogens is 488 g/mol. The molecule has 0 radical (unpaired) electrons. The molecule has 0 saturated carbocycles. The second kappa shape index (κ2) is 12.3. The quantitative estimate of drug-likeness (QED) is 0.457. The van der Waals surface area contributed by atoms with E-state index in [1.807, 2.05) is 25.1 Å². The van der Waals surface area contributed by atoms with Crippen molar-refractivity contribution in [2.45, 2.75) is 29.9 Å². The number of carbonyl (C=O) groups is 2. The van der Waals surface area contributed by atoms with Gasteiger partial charge in [-0.2, -0.15) is 0 Å². The zero-order valence-electron chi connectivity index (χ0n) is 20.0. The van der Waals surface area contributed by atoms with E-state index in [2.05, 4.69) is 10.3 Å². The second-order valence-electron chi connectivity index (χ2n) is 7.94. The molecule has 1 heterocycles. The third-order valence-corrected chi connectivity index (χ3v) is 8.13. The lowest BCUT2D eigenvalue weighted by atomic mass is 10.2. The van der Waals surface area contributed by atoms with E-state index in [1.54, 1.807) is 29.2 Å². The van der Waals surface area contributed by atoms with E-state index in [0.717, 1.165) is 4.31 Å². The molecule has 11 heteroatoms. The van der Waals surface area contributed by atoms with Crippen LogP contribution in [-0.4, -0.2) is 73.7 Å². The van der Waals surface area contributed by atoms with Crippen LogP contribution in [0.1, 0.15) is 19.8 Å². The summed E-state index contributed by atoms with van der Waals surface area (Å²) in [4.78, 5) is 32.0. The molecule has 35 heavy (non-hydrogen) atoms. The van der Waals surface area contributed by atoms with Gasteiger partial charge < -0.3 is 10.1 Å². The lowest BCUT2D eigenvalue weighted by Crippen LogP contribution is -2.34. The molecule has 0 spiro atoms. The molecule has 1 aliphatic rings. The molecule has 1 N–H and O–H groups in total. The topological polar surface area (TPSA) is 108 Å². The number of nitrogens with zero attached hydrogens (tertiary/aromatic N) is 3. The van der Waals surface area contributed by atoms with Crippen LogP contribution in [0.15, 0.2) is 64.5 Å². The number of carbonyl (C=O) groups excluding carboxylic acids is 2. The Labute approximate surface area is 210 Å². The fourth-order valence-electron chi connectivity index (χ4n) is 3.34. The number of hydrogen-bond acceptors (Lipinski definition) is 7. The van der Waals surface area contributed by atoms with Crippen LogP contribution in [0, 0.1) is 0 Å². The van der Waals surface area contributed by atoms with E-state index in [-0.39, 0.29) is 23.1 Å². The van der Waals surface area contributed by atoms with Gasteiger partial charge in [0.15, 0.2) is 5.17 Å². The smallest absolute Gasteiger partial charge is 0.242 e. The van der Waals surface area contributed by atoms with Crippen LogP contribution >= 0.6 is 11.8 Å². The number of nitrogens with one attached hydrogen (secondary N) is 1. The summed E-state index contributed by atoms with van der Waals surface area (Å²) in [5.41, 5.74) is 1.07. The summed E-state index contributed by atoms with van der Waals surface area (Å²) in [7, 11) is -0.701. The van der Waals surface area contributed by atoms with Gasteiger partial charge >= 0.3 is 0 Å². The third kappa shape index (κ3) is 7.14. The highest BCUT2D eigenvalue weighted by molar-refractivity contribution is 8.15. The minimum atomic E-state index is -3.63. The van der Waals surface area contributed by atoms with E-state index < -0.39 is 15.3 Å². The summed E-state index contributed by atoms with van der Waals surface area (Å²) in [6.07, 6.45) is 0.603. The minimum absolute atomic E-state index is 0.00553. The van der Waals surface area contributed by atoms with Crippen molar-refractivity contribution < 1.29 is 22.7 Å². The Bertz CT molecular complexity index is 1170. The average molecular weight is 519 g/mol. The van der Waals surface area contributed by atoms with E-state index in [9.17, 15) is 18.0 Å². The Balaban J connectivity index is 1.81. The van der Waals surface area contributed by atoms with Crippen LogP contribution in [0.3, 0.4) is 0 Å². The van der Waals surface area contributed by atoms with Crippen LogP contribution in [0.2, 0.25) is 0 Å². The number of thioether (sulfide) groups is 1. The first-order valence-electron chi connectivity index (χ1n) is 11.2. The number of anilines is 1. The number of benzene rings is 2. The van der Waals surface area contributed by atoms with Crippen LogP contribution in [0.5, 0.6) is 0 Å². The summed E-state index contributed by atoms with van der Waals surface area (Å²) in [6, 6.07) is 15.3. The van der Waals surface area contributed by atoms with Crippen LogP contribution < -0.4 is 5.32 Å². The third-order valence-electron chi connectivity index (χ3n) is 5.14. The zero-order valence-corrected chi connectivity index (χ0v) is 21.6. The van der Waals surface area contributed by atoms with Gasteiger partial charge in [0.1, 0.15) is 5.25 Å². The van der Waals surface area contributed by atoms with Gasteiger partial charge in [-0.1, -0.05) is 36.0 Å². The highest BCUT2D eigenvalue weighted by Crippen LogP contribution is 2.32. The average Bonchev–Trinajstić information content (AvgIpc) is 3.11. The van der Waals surface area contributed by atoms with Gasteiger partial charge in [0.05, 0.1) is 10.6 Å². The van der Waals surface area contributed by atoms with Crippen LogP contribution in [-0.2, 0) is 24.3 Å². The predicted octanol–water partition coefficient (Wildman–Crippen LogP) is 3.32. The number of rotatable bonds is 11. The van der Waals surface area contributed by atoms with Gasteiger partial charge in [-0.3, -0.25) is 14.5 Å². The normalized spacial score (nSPS) is 17.4. The van der Waals surface area contributed by atoms with E-state index in [4.69, 9.17) is 4.74 Å². The van der Waals surface area contributed by atoms with Gasteiger partial charge in [-0.05, 0) is 43.7 Å². The molecule has 2 amide bonds. The maximum atomic E-state index is 13.2. The second-order valence-corrected chi connectivity index (χ2v) is 11.3. The number of para-hydroxylation sites is 1. The van der Waals surface area contributed by atoms with E-state index in [1.165, 1.54) is 38.0 Å². The maximum Gasteiger partial charge on any atom is 0.242 e. The molecule has 9 nitrogen and oxygen atoms in total. The standard InChI is InChI=1S/C24H30N4O5S2/c1-4-33-15-9-14-28-23(30)21(17-22(29)25-18-10-6-5-7-11-18)34-24(28)26-19-12-8-13-20(16-19)35(31,32)27(2)3/h5-8,10-13,16,21H,4,9,14-15,17H2,1-3H3,(H,25,29). The summed E-state index contributed by atoms with van der Waals surface area (Å²) < 4.78 is 31.6. The fourth-order valence-corrected chi connectivity index (χ4v) is 5.46. The largest absolute Gasteiger partial charge is 0.382 e. The van der Waals surface area contributed by atoms with Crippen molar-refractivity contribution >= 4 is 50.1 Å². The lowest BCUT2D eigenvalue weighted by Gasteiger charge is -2.16. The first kappa shape index (κ1) is 26.9. The maximum absolute atomic E-state index is 13.2. The number of hydrogen-bond donors (Lipinski definition) is 1. The van der Waals surface area contributed by atoms with Gasteiger partial charge in [0.25, 0.3) is 0 Å². The molecule has 188 valence electrons. The molecule has 0 bridgehead atoms. The summed E-state index contributed by atoms with van der Waals surface area (Å²) >= 11 is 1.21. The number of aliphatic imine (C=N–C) groups is 1. The minimum Gasteiger partial charge on any atom is -0.382 e. The Morgan fingerprint density at radius 1 is 1.17 bits per heavy atom. The zero-order chi connectivity index (χ0) is 25.4. The van der Waals surface area contributed by atoms with Gasteiger partial charge in [0.2, 0.25) is 21.8 Å². The van der Waals surface area contributed by atoms with Crippen molar-refractivity contribution in [2.75, 3.05) is 39.2 Å². The number of amides is 2. The Hall–Kier alpha value is -2.73. The first-order valence-corrected chi connectivity index (χ1v) is 13.6. The van der Waals surface area contributed by atoms with Gasteiger partial charge in [0, 0.05) is 46.0 Å². The molecule has 2 aromatic carbocycles. The molecule has 3 rings (SSSR count). The Morgan fingerprint density at radius 3 is 2.60 bits per heavy atom. The number of amidine groups is 1. The van der Waals surface area contributed by atoms with Gasteiger partial charge in [-0.25, -0.2) is 17.7 Å². The fraction of sp³-hybridized carbons (Fsp3) is 0.375. The van der Waals surface area contributed by atoms with Crippen molar-refractivity contribution in [3.05, 3.63) is 54.6 Å². The molecule has 1 fully saturated rings. The summed E-state index contributed by atoms with van der Waals surface area (Å²) in [5.74, 6) is -0.470. The van der Waals surface area contributed by atoms with Crippen molar-refractivity contribution in [1.82, 2.24) is 9.21 Å². The van der Waals surface area contributed by atoms with E-state index >= 15 is 0 Å². The molecule has 1 aliphatic heterocycles. The molecule has 2 aromatic rings. The molecule has 0 aromatic heterocycles. The Kier molecular flexibility index (Phi) is 9.44. The van der Waals surface area contributed by atoms with Crippen molar-refractivity contribution in [3.8, 4) is 0 Å². The predicted molar refractivity (Wildman–Crippen MR) is 138 cm³/mol. The van der Waals surface area contributed by atoms with Crippen molar-refractivity contribution in [3.63, 3.8) is 0 Å². The highest BCUT2D eigenvalue weighted by atomic mass is 32.2. The monoisotopic (exact) mass is 518 g/mol.